The van der Waals surface area contributed by atoms with Gasteiger partial charge in [-0.3, -0.25) is 0 Å². The molecule has 0 aromatic rings. The van der Waals surface area contributed by atoms with E-state index in [4.69, 9.17) is 42.5 Å². The van der Waals surface area contributed by atoms with Crippen LogP contribution >= 0.6 is 23.2 Å². The standard InChI is InChI=1S/C12H20Cl2O9/c13-1-4-7(17)10(20)12(3-14,22-4)23-11-9(19)8(18)6(16)5(2-15)21-11/h4-11,15-20H,1-3H2/t4-,5-,6+,7-,8+,9-,10+,11+,12-/m1/s1. The van der Waals surface area contributed by atoms with Gasteiger partial charge < -0.3 is 44.8 Å². The first-order valence-electron chi connectivity index (χ1n) is 6.95. The summed E-state index contributed by atoms with van der Waals surface area (Å²) in [6, 6.07) is 0. The van der Waals surface area contributed by atoms with Crippen LogP contribution in [0.25, 0.3) is 0 Å². The highest BCUT2D eigenvalue weighted by Gasteiger charge is 2.58. The number of hydrogen-bond donors (Lipinski definition) is 6. The second-order valence-electron chi connectivity index (χ2n) is 5.51. The highest BCUT2D eigenvalue weighted by atomic mass is 35.5. The second kappa shape index (κ2) is 7.63. The number of alkyl halides is 2. The van der Waals surface area contributed by atoms with Gasteiger partial charge in [-0.15, -0.1) is 23.2 Å². The van der Waals surface area contributed by atoms with Crippen LogP contribution in [-0.4, -0.2) is 104 Å². The average Bonchev–Trinajstić information content (AvgIpc) is 2.80. The molecule has 0 unspecified atom stereocenters. The molecule has 0 aromatic heterocycles. The summed E-state index contributed by atoms with van der Waals surface area (Å²) >= 11 is 11.4. The van der Waals surface area contributed by atoms with Crippen LogP contribution in [0.5, 0.6) is 0 Å². The van der Waals surface area contributed by atoms with E-state index in [0.717, 1.165) is 0 Å². The molecule has 2 aliphatic rings. The van der Waals surface area contributed by atoms with Gasteiger partial charge in [-0.2, -0.15) is 0 Å². The quantitative estimate of drug-likeness (QED) is 0.277. The summed E-state index contributed by atoms with van der Waals surface area (Å²) in [7, 11) is 0. The van der Waals surface area contributed by atoms with Crippen molar-refractivity contribution in [3.63, 3.8) is 0 Å². The molecule has 2 rings (SSSR count). The number of hydrogen-bond acceptors (Lipinski definition) is 9. The lowest BCUT2D eigenvalue weighted by atomic mass is 9.99. The Morgan fingerprint density at radius 2 is 1.57 bits per heavy atom. The lowest BCUT2D eigenvalue weighted by Crippen LogP contribution is -2.62. The van der Waals surface area contributed by atoms with Crippen LogP contribution in [0, 0.1) is 0 Å². The summed E-state index contributed by atoms with van der Waals surface area (Å²) < 4.78 is 15.9. The van der Waals surface area contributed by atoms with Gasteiger partial charge in [0.1, 0.15) is 42.7 Å². The molecular formula is C12H20Cl2O9. The van der Waals surface area contributed by atoms with Crippen molar-refractivity contribution < 1.29 is 44.8 Å². The minimum atomic E-state index is -1.94. The van der Waals surface area contributed by atoms with Crippen LogP contribution in [0.15, 0.2) is 0 Å². The fraction of sp³-hybridized carbons (Fsp3) is 1.00. The molecule has 9 nitrogen and oxygen atoms in total. The van der Waals surface area contributed by atoms with Crippen LogP contribution < -0.4 is 0 Å². The summed E-state index contributed by atoms with van der Waals surface area (Å²) in [5.41, 5.74) is 0. The van der Waals surface area contributed by atoms with E-state index in [-0.39, 0.29) is 5.88 Å². The van der Waals surface area contributed by atoms with E-state index in [2.05, 4.69) is 0 Å². The van der Waals surface area contributed by atoms with E-state index >= 15 is 0 Å². The SMILES string of the molecule is OC[C@H]1O[C@@H](O[C@@]2(CCl)O[C@H](CCl)[C@@H](O)[C@@H]2O)[C@H](O)[C@@H](O)[C@H]1O. The monoisotopic (exact) mass is 378 g/mol. The largest absolute Gasteiger partial charge is 0.394 e. The number of halogens is 2. The Morgan fingerprint density at radius 1 is 0.913 bits per heavy atom. The lowest BCUT2D eigenvalue weighted by Gasteiger charge is -2.43. The highest BCUT2D eigenvalue weighted by molar-refractivity contribution is 6.19. The van der Waals surface area contributed by atoms with E-state index in [1.807, 2.05) is 0 Å². The zero-order valence-corrected chi connectivity index (χ0v) is 13.4. The topological polar surface area (TPSA) is 149 Å². The molecule has 9 atom stereocenters. The van der Waals surface area contributed by atoms with Gasteiger partial charge in [-0.1, -0.05) is 0 Å². The van der Waals surface area contributed by atoms with Crippen LogP contribution in [0.4, 0.5) is 0 Å². The van der Waals surface area contributed by atoms with E-state index in [9.17, 15) is 25.5 Å². The molecule has 2 saturated heterocycles. The third kappa shape index (κ3) is 3.46. The molecule has 136 valence electrons. The molecule has 0 aliphatic carbocycles. The molecule has 6 N–H and O–H groups in total. The fourth-order valence-electron chi connectivity index (χ4n) is 2.58. The van der Waals surface area contributed by atoms with E-state index in [1.165, 1.54) is 0 Å². The lowest BCUT2D eigenvalue weighted by molar-refractivity contribution is -0.371. The third-order valence-corrected chi connectivity index (χ3v) is 4.69. The Kier molecular flexibility index (Phi) is 6.48. The Balaban J connectivity index is 2.18. The van der Waals surface area contributed by atoms with Gasteiger partial charge in [0.05, 0.1) is 18.4 Å². The van der Waals surface area contributed by atoms with Gasteiger partial charge in [0.15, 0.2) is 6.29 Å². The van der Waals surface area contributed by atoms with Crippen LogP contribution in [0.3, 0.4) is 0 Å². The Morgan fingerprint density at radius 3 is 2.04 bits per heavy atom. The predicted octanol–water partition coefficient (Wildman–Crippen LogP) is -2.90. The van der Waals surface area contributed by atoms with Gasteiger partial charge in [-0.05, 0) is 0 Å². The molecular weight excluding hydrogens is 359 g/mol. The van der Waals surface area contributed by atoms with Gasteiger partial charge in [-0.25, -0.2) is 0 Å². The molecule has 11 heteroatoms. The zero-order valence-electron chi connectivity index (χ0n) is 11.9. The van der Waals surface area contributed by atoms with E-state index in [1.54, 1.807) is 0 Å². The first kappa shape index (κ1) is 19.5. The van der Waals surface area contributed by atoms with Crippen molar-refractivity contribution >= 4 is 23.2 Å². The summed E-state index contributed by atoms with van der Waals surface area (Å²) in [5.74, 6) is -2.52. The van der Waals surface area contributed by atoms with Crippen molar-refractivity contribution in [3.05, 3.63) is 0 Å². The molecule has 2 heterocycles. The van der Waals surface area contributed by atoms with Crippen molar-refractivity contribution in [1.82, 2.24) is 0 Å². The summed E-state index contributed by atoms with van der Waals surface area (Å²) in [5, 5.41) is 58.6. The molecule has 0 saturated carbocycles. The van der Waals surface area contributed by atoms with Gasteiger partial charge in [0.25, 0.3) is 0 Å². The summed E-state index contributed by atoms with van der Waals surface area (Å²) in [4.78, 5) is 0. The maximum Gasteiger partial charge on any atom is 0.214 e. The van der Waals surface area contributed by atoms with Gasteiger partial charge in [0.2, 0.25) is 5.79 Å². The molecule has 0 amide bonds. The molecule has 2 fully saturated rings. The molecule has 0 bridgehead atoms. The smallest absolute Gasteiger partial charge is 0.214 e. The number of ether oxygens (including phenoxy) is 3. The Bertz CT molecular complexity index is 401. The first-order chi connectivity index (χ1) is 10.8. The normalized spacial score (nSPS) is 51.1. The van der Waals surface area contributed by atoms with E-state index in [0.29, 0.717) is 0 Å². The molecule has 23 heavy (non-hydrogen) atoms. The van der Waals surface area contributed by atoms with Crippen molar-refractivity contribution in [2.24, 2.45) is 0 Å². The van der Waals surface area contributed by atoms with Gasteiger partial charge in [0, 0.05) is 0 Å². The van der Waals surface area contributed by atoms with E-state index < -0.39 is 67.3 Å². The van der Waals surface area contributed by atoms with Crippen molar-refractivity contribution in [2.75, 3.05) is 18.4 Å². The molecule has 0 spiro atoms. The fourth-order valence-corrected chi connectivity index (χ4v) is 3.11. The number of aliphatic hydroxyl groups is 6. The third-order valence-electron chi connectivity index (χ3n) is 4.01. The van der Waals surface area contributed by atoms with Crippen molar-refractivity contribution in [2.45, 2.75) is 54.8 Å². The number of aliphatic hydroxyl groups excluding tert-OH is 6. The average molecular weight is 379 g/mol. The maximum atomic E-state index is 10.1. The van der Waals surface area contributed by atoms with Crippen LogP contribution in [0.1, 0.15) is 0 Å². The minimum Gasteiger partial charge on any atom is -0.394 e. The minimum absolute atomic E-state index is 0.144. The molecule has 2 aliphatic heterocycles. The molecule has 0 aromatic carbocycles. The summed E-state index contributed by atoms with van der Waals surface area (Å²) in [6.07, 6.45) is -11.6. The first-order valence-corrected chi connectivity index (χ1v) is 8.02. The molecule has 0 radical (unpaired) electrons. The van der Waals surface area contributed by atoms with Crippen molar-refractivity contribution in [3.8, 4) is 0 Å². The number of rotatable bonds is 5. The summed E-state index contributed by atoms with van der Waals surface area (Å²) in [6.45, 7) is -0.644. The van der Waals surface area contributed by atoms with Crippen molar-refractivity contribution in [1.29, 1.82) is 0 Å². The Hall–Kier alpha value is 0.220. The second-order valence-corrected chi connectivity index (χ2v) is 6.08. The van der Waals surface area contributed by atoms with Gasteiger partial charge >= 0.3 is 0 Å². The zero-order chi connectivity index (χ0) is 17.4. The highest BCUT2D eigenvalue weighted by Crippen LogP contribution is 2.37. The van der Waals surface area contributed by atoms with Crippen LogP contribution in [-0.2, 0) is 14.2 Å². The van der Waals surface area contributed by atoms with Crippen LogP contribution in [0.2, 0.25) is 0 Å². The predicted molar refractivity (Wildman–Crippen MR) is 75.9 cm³/mol. The Labute approximate surface area is 141 Å². The maximum absolute atomic E-state index is 10.1.